The van der Waals surface area contributed by atoms with Crippen LogP contribution in [0.1, 0.15) is 82.4 Å². The standard InChI is InChI=1S/C35H43ClFN7O/c1-21(38)40-16-15-35(2)14-4-7-30(43-35)24-10-12-26(13-11-24)44-20-25-19-31(41-33(25)42-34(44)45)27-17-22(18-28(36)32(27)37)5-3-6-29(39)23-8-9-23/h10-13,17-20,23,29-30,43H,3-9,14-16,39H2,1-2H3,(H2,38,40)(H,41,42,45)/t29-,30+,35?/m1/s1. The third kappa shape index (κ3) is 7.32. The molecule has 4 aromatic rings. The Balaban J connectivity index is 1.19. The first-order valence-corrected chi connectivity index (χ1v) is 16.5. The first-order chi connectivity index (χ1) is 21.6. The van der Waals surface area contributed by atoms with Crippen molar-refractivity contribution in [3.8, 4) is 16.9 Å². The third-order valence-electron chi connectivity index (χ3n) is 9.50. The van der Waals surface area contributed by atoms with E-state index in [2.05, 4.69) is 39.7 Å². The number of nitrogens with zero attached hydrogens (tertiary/aromatic N) is 2. The fourth-order valence-electron chi connectivity index (χ4n) is 6.71. The molecule has 2 aliphatic rings. The van der Waals surface area contributed by atoms with Crippen molar-refractivity contribution in [1.82, 2.24) is 25.2 Å². The SMILES string of the molecule is CC(=N)NCCC1(C)CCC[C@@H](c2ccc(-n3cc4cc(-c5cc(CCC[C@@H](N)C6CC6)cc(Cl)c5F)[nH]c4nc3=O)cc2)N1. The van der Waals surface area contributed by atoms with Crippen molar-refractivity contribution >= 4 is 28.5 Å². The lowest BCUT2D eigenvalue weighted by Crippen LogP contribution is -2.49. The van der Waals surface area contributed by atoms with Crippen molar-refractivity contribution < 1.29 is 4.39 Å². The van der Waals surface area contributed by atoms with Gasteiger partial charge in [-0.15, -0.1) is 0 Å². The number of aromatic amines is 1. The van der Waals surface area contributed by atoms with Gasteiger partial charge in [-0.05, 0) is 119 Å². The van der Waals surface area contributed by atoms with Gasteiger partial charge < -0.3 is 21.4 Å². The van der Waals surface area contributed by atoms with E-state index in [-0.39, 0.29) is 22.6 Å². The minimum Gasteiger partial charge on any atom is -0.374 e. The Labute approximate surface area is 268 Å². The number of nitrogens with two attached hydrogens (primary N) is 1. The maximum Gasteiger partial charge on any atom is 0.354 e. The first kappa shape index (κ1) is 31.5. The Bertz CT molecular complexity index is 1750. The van der Waals surface area contributed by atoms with Crippen LogP contribution >= 0.6 is 11.6 Å². The van der Waals surface area contributed by atoms with Crippen LogP contribution in [-0.2, 0) is 6.42 Å². The maximum atomic E-state index is 15.2. The Kier molecular flexibility index (Phi) is 9.13. The summed E-state index contributed by atoms with van der Waals surface area (Å²) in [6.45, 7) is 4.78. The van der Waals surface area contributed by atoms with E-state index in [1.54, 1.807) is 19.2 Å². The van der Waals surface area contributed by atoms with E-state index in [9.17, 15) is 4.79 Å². The number of hydrogen-bond acceptors (Lipinski definition) is 5. The highest BCUT2D eigenvalue weighted by Gasteiger charge is 2.31. The van der Waals surface area contributed by atoms with Gasteiger partial charge in [0, 0.05) is 41.3 Å². The molecule has 3 atom stereocenters. The van der Waals surface area contributed by atoms with Crippen LogP contribution in [0.4, 0.5) is 4.39 Å². The van der Waals surface area contributed by atoms with Gasteiger partial charge in [0.2, 0.25) is 0 Å². The van der Waals surface area contributed by atoms with Crippen molar-refractivity contribution in [2.75, 3.05) is 6.54 Å². The summed E-state index contributed by atoms with van der Waals surface area (Å²) in [4.78, 5) is 20.5. The van der Waals surface area contributed by atoms with E-state index in [1.807, 2.05) is 24.3 Å². The first-order valence-electron chi connectivity index (χ1n) is 16.1. The zero-order valence-corrected chi connectivity index (χ0v) is 26.8. The average Bonchev–Trinajstić information content (AvgIpc) is 3.78. The highest BCUT2D eigenvalue weighted by molar-refractivity contribution is 6.31. The monoisotopic (exact) mass is 631 g/mol. The van der Waals surface area contributed by atoms with Gasteiger partial charge in [-0.2, -0.15) is 4.98 Å². The lowest BCUT2D eigenvalue weighted by molar-refractivity contribution is 0.213. The molecule has 1 aliphatic heterocycles. The molecule has 8 nitrogen and oxygen atoms in total. The smallest absolute Gasteiger partial charge is 0.354 e. The van der Waals surface area contributed by atoms with E-state index in [4.69, 9.17) is 22.7 Å². The molecule has 6 rings (SSSR count). The number of hydrogen-bond donors (Lipinski definition) is 5. The zero-order valence-electron chi connectivity index (χ0n) is 26.1. The Hall–Kier alpha value is -3.53. The van der Waals surface area contributed by atoms with Gasteiger partial charge in [0.15, 0.2) is 5.82 Å². The second-order valence-corrected chi connectivity index (χ2v) is 13.7. The fourth-order valence-corrected chi connectivity index (χ4v) is 6.96. The van der Waals surface area contributed by atoms with Gasteiger partial charge in [-0.1, -0.05) is 23.7 Å². The molecule has 1 aliphatic carbocycles. The number of fused-ring (bicyclic) bond motifs is 1. The van der Waals surface area contributed by atoms with Crippen LogP contribution in [0.5, 0.6) is 0 Å². The molecule has 238 valence electrons. The van der Waals surface area contributed by atoms with Gasteiger partial charge in [0.25, 0.3) is 0 Å². The minimum absolute atomic E-state index is 0.00524. The molecule has 45 heavy (non-hydrogen) atoms. The van der Waals surface area contributed by atoms with Crippen molar-refractivity contribution in [3.63, 3.8) is 0 Å². The molecule has 1 saturated heterocycles. The van der Waals surface area contributed by atoms with Crippen LogP contribution in [0.2, 0.25) is 5.02 Å². The Morgan fingerprint density at radius 2 is 2.02 bits per heavy atom. The van der Waals surface area contributed by atoms with Crippen LogP contribution in [-0.4, -0.2) is 38.5 Å². The van der Waals surface area contributed by atoms with Gasteiger partial charge in [-0.3, -0.25) is 9.98 Å². The van der Waals surface area contributed by atoms with E-state index >= 15 is 4.39 Å². The molecule has 1 saturated carbocycles. The largest absolute Gasteiger partial charge is 0.374 e. The lowest BCUT2D eigenvalue weighted by atomic mass is 9.83. The molecule has 0 bridgehead atoms. The number of nitrogens with one attached hydrogen (secondary N) is 4. The topological polar surface area (TPSA) is 125 Å². The molecule has 2 fully saturated rings. The zero-order chi connectivity index (χ0) is 31.7. The summed E-state index contributed by atoms with van der Waals surface area (Å²) in [6, 6.07) is 13.8. The van der Waals surface area contributed by atoms with Gasteiger partial charge in [0.1, 0.15) is 5.65 Å². The fraction of sp³-hybridized carbons (Fsp3) is 0.457. The highest BCUT2D eigenvalue weighted by atomic mass is 35.5. The quantitative estimate of drug-likeness (QED) is 0.0922. The molecular formula is C35H43ClFN7O. The normalized spacial score (nSPS) is 20.8. The van der Waals surface area contributed by atoms with Crippen LogP contribution in [0.25, 0.3) is 28.0 Å². The maximum absolute atomic E-state index is 15.2. The molecule has 0 spiro atoms. The summed E-state index contributed by atoms with van der Waals surface area (Å²) in [5.74, 6) is 0.646. The minimum atomic E-state index is -0.499. The Morgan fingerprint density at radius 3 is 2.76 bits per heavy atom. The number of aromatic nitrogens is 3. The van der Waals surface area contributed by atoms with Crippen LogP contribution in [0, 0.1) is 17.1 Å². The number of aryl methyl sites for hydroxylation is 1. The molecule has 0 radical (unpaired) electrons. The molecular weight excluding hydrogens is 589 g/mol. The second-order valence-electron chi connectivity index (χ2n) is 13.3. The van der Waals surface area contributed by atoms with Crippen molar-refractivity contribution in [3.05, 3.63) is 81.1 Å². The van der Waals surface area contributed by atoms with E-state index < -0.39 is 11.5 Å². The van der Waals surface area contributed by atoms with Crippen LogP contribution in [0.15, 0.2) is 53.5 Å². The molecule has 6 N–H and O–H groups in total. The van der Waals surface area contributed by atoms with Crippen molar-refractivity contribution in [2.24, 2.45) is 11.7 Å². The Morgan fingerprint density at radius 1 is 1.24 bits per heavy atom. The van der Waals surface area contributed by atoms with Gasteiger partial charge in [-0.25, -0.2) is 9.18 Å². The van der Waals surface area contributed by atoms with Crippen LogP contribution in [0.3, 0.4) is 0 Å². The lowest BCUT2D eigenvalue weighted by Gasteiger charge is -2.40. The summed E-state index contributed by atoms with van der Waals surface area (Å²) in [5.41, 5.74) is 9.98. The van der Waals surface area contributed by atoms with E-state index in [0.717, 1.165) is 57.1 Å². The molecule has 0 amide bonds. The summed E-state index contributed by atoms with van der Waals surface area (Å²) >= 11 is 6.32. The molecule has 2 aromatic carbocycles. The average molecular weight is 632 g/mol. The number of halogens is 2. The van der Waals surface area contributed by atoms with E-state index in [0.29, 0.717) is 39.7 Å². The second kappa shape index (κ2) is 13.1. The molecule has 1 unspecified atom stereocenters. The number of amidine groups is 1. The summed E-state index contributed by atoms with van der Waals surface area (Å²) in [7, 11) is 0. The number of H-pyrrole nitrogens is 1. The predicted molar refractivity (Wildman–Crippen MR) is 180 cm³/mol. The van der Waals surface area contributed by atoms with Gasteiger partial charge >= 0.3 is 5.69 Å². The third-order valence-corrected chi connectivity index (χ3v) is 9.78. The van der Waals surface area contributed by atoms with Crippen molar-refractivity contribution in [2.45, 2.75) is 89.3 Å². The number of benzene rings is 2. The summed E-state index contributed by atoms with van der Waals surface area (Å²) in [5, 5.41) is 15.3. The predicted octanol–water partition coefficient (Wildman–Crippen LogP) is 6.78. The van der Waals surface area contributed by atoms with Gasteiger partial charge in [0.05, 0.1) is 22.2 Å². The summed E-state index contributed by atoms with van der Waals surface area (Å²) < 4.78 is 16.8. The molecule has 2 aromatic heterocycles. The van der Waals surface area contributed by atoms with E-state index in [1.165, 1.54) is 23.0 Å². The highest BCUT2D eigenvalue weighted by Crippen LogP contribution is 2.35. The number of rotatable bonds is 11. The summed E-state index contributed by atoms with van der Waals surface area (Å²) in [6.07, 6.45) is 11.0. The molecule has 3 heterocycles. The van der Waals surface area contributed by atoms with Crippen LogP contribution < -0.4 is 22.1 Å². The number of piperidine rings is 1. The van der Waals surface area contributed by atoms with Crippen molar-refractivity contribution in [1.29, 1.82) is 5.41 Å². The molecule has 10 heteroatoms.